The van der Waals surface area contributed by atoms with Crippen LogP contribution in [0.1, 0.15) is 52.5 Å². The molecule has 0 aromatic heterocycles. The summed E-state index contributed by atoms with van der Waals surface area (Å²) in [6, 6.07) is 6.45. The molecule has 0 aliphatic heterocycles. The second kappa shape index (κ2) is 8.24. The Bertz CT molecular complexity index is 577. The van der Waals surface area contributed by atoms with Crippen molar-refractivity contribution in [2.24, 2.45) is 0 Å². The molecule has 132 valence electrons. The van der Waals surface area contributed by atoms with Crippen LogP contribution in [0.25, 0.3) is 0 Å². The Morgan fingerprint density at radius 2 is 1.78 bits per heavy atom. The highest BCUT2D eigenvalue weighted by Crippen LogP contribution is 2.16. The van der Waals surface area contributed by atoms with E-state index in [1.165, 1.54) is 5.06 Å². The van der Waals surface area contributed by atoms with Crippen molar-refractivity contribution < 1.29 is 13.6 Å². The largest absolute Gasteiger partial charge is 0.313 e. The van der Waals surface area contributed by atoms with E-state index in [4.69, 9.17) is 0 Å². The molecule has 0 radical (unpaired) electrons. The normalized spacial score (nSPS) is 14.2. The zero-order chi connectivity index (χ0) is 17.7. The van der Waals surface area contributed by atoms with E-state index in [2.05, 4.69) is 11.6 Å². The molecule has 1 rings (SSSR count). The average molecular weight is 343 g/mol. The quantitative estimate of drug-likeness (QED) is 0.711. The number of rotatable bonds is 8. The maximum Gasteiger partial charge on any atom is 0.240 e. The van der Waals surface area contributed by atoms with Crippen molar-refractivity contribution in [2.45, 2.75) is 70.4 Å². The number of hydrogen-bond acceptors (Lipinski definition) is 4. The molecule has 0 saturated heterocycles. The van der Waals surface area contributed by atoms with Gasteiger partial charge in [-0.15, -0.1) is 0 Å². The Balaban J connectivity index is 2.88. The zero-order valence-corrected chi connectivity index (χ0v) is 15.7. The molecule has 23 heavy (non-hydrogen) atoms. The lowest BCUT2D eigenvalue weighted by Crippen LogP contribution is -2.48. The van der Waals surface area contributed by atoms with E-state index in [-0.39, 0.29) is 17.5 Å². The van der Waals surface area contributed by atoms with Crippen molar-refractivity contribution in [3.8, 4) is 0 Å². The van der Waals surface area contributed by atoms with Crippen molar-refractivity contribution >= 4 is 10.0 Å². The van der Waals surface area contributed by atoms with E-state index < -0.39 is 15.6 Å². The van der Waals surface area contributed by atoms with E-state index in [1.54, 1.807) is 24.3 Å². The fourth-order valence-electron chi connectivity index (χ4n) is 2.13. The number of nitrogens with one attached hydrogen (secondary N) is 1. The fourth-order valence-corrected chi connectivity index (χ4v) is 3.39. The van der Waals surface area contributed by atoms with Gasteiger partial charge in [-0.25, -0.2) is 13.1 Å². The molecule has 0 saturated carbocycles. The minimum absolute atomic E-state index is 0.254. The first kappa shape index (κ1) is 20.1. The summed E-state index contributed by atoms with van der Waals surface area (Å²) in [6.07, 6.45) is 2.57. The number of aryl methyl sites for hydroxylation is 1. The van der Waals surface area contributed by atoms with Crippen LogP contribution in [0.5, 0.6) is 0 Å². The minimum Gasteiger partial charge on any atom is -0.313 e. The lowest BCUT2D eigenvalue weighted by atomic mass is 10.1. The predicted octanol–water partition coefficient (Wildman–Crippen LogP) is 3.32. The third-order valence-corrected chi connectivity index (χ3v) is 5.26. The first-order chi connectivity index (χ1) is 10.6. The number of hydroxylamine groups is 2. The van der Waals surface area contributed by atoms with Gasteiger partial charge in [0.05, 0.1) is 4.90 Å². The highest BCUT2D eigenvalue weighted by Gasteiger charge is 2.26. The standard InChI is InChI=1S/C17H30N2O3S/c1-6-7-8-15(13-19(20)17(3,4)5)18-23(21,22)16-11-9-14(2)10-12-16/h9-12,15,18,20H,6-8,13H2,1-5H3. The Labute approximate surface area is 140 Å². The van der Waals surface area contributed by atoms with Gasteiger partial charge in [0.1, 0.15) is 0 Å². The van der Waals surface area contributed by atoms with E-state index >= 15 is 0 Å². The van der Waals surface area contributed by atoms with E-state index in [0.717, 1.165) is 18.4 Å². The van der Waals surface area contributed by atoms with Crippen LogP contribution >= 0.6 is 0 Å². The van der Waals surface area contributed by atoms with Crippen molar-refractivity contribution in [3.63, 3.8) is 0 Å². The van der Waals surface area contributed by atoms with Crippen LogP contribution in [0.4, 0.5) is 0 Å². The topological polar surface area (TPSA) is 69.6 Å². The fraction of sp³-hybridized carbons (Fsp3) is 0.647. The Hall–Kier alpha value is -0.950. The van der Waals surface area contributed by atoms with Crippen LogP contribution < -0.4 is 4.72 Å². The Morgan fingerprint density at radius 1 is 1.22 bits per heavy atom. The van der Waals surface area contributed by atoms with Gasteiger partial charge in [0, 0.05) is 18.1 Å². The molecule has 0 heterocycles. The lowest BCUT2D eigenvalue weighted by Gasteiger charge is -2.32. The highest BCUT2D eigenvalue weighted by atomic mass is 32.2. The minimum atomic E-state index is -3.59. The second-order valence-corrected chi connectivity index (χ2v) is 8.74. The molecule has 5 nitrogen and oxygen atoms in total. The molecule has 1 atom stereocenters. The molecule has 1 aromatic rings. The monoisotopic (exact) mass is 342 g/mol. The third kappa shape index (κ3) is 6.59. The van der Waals surface area contributed by atoms with Gasteiger partial charge in [-0.2, -0.15) is 5.06 Å². The van der Waals surface area contributed by atoms with E-state index in [1.807, 2.05) is 27.7 Å². The van der Waals surface area contributed by atoms with Crippen LogP contribution in [-0.4, -0.2) is 36.8 Å². The average Bonchev–Trinajstić information content (AvgIpc) is 2.43. The Kier molecular flexibility index (Phi) is 7.20. The molecule has 2 N–H and O–H groups in total. The summed E-state index contributed by atoms with van der Waals surface area (Å²) in [7, 11) is -3.59. The third-order valence-electron chi connectivity index (χ3n) is 3.73. The maximum atomic E-state index is 12.5. The number of nitrogens with zero attached hydrogens (tertiary/aromatic N) is 1. The summed E-state index contributed by atoms with van der Waals surface area (Å²) in [6.45, 7) is 9.90. The summed E-state index contributed by atoms with van der Waals surface area (Å²) in [5, 5.41) is 11.4. The number of benzene rings is 1. The molecule has 0 aliphatic rings. The van der Waals surface area contributed by atoms with E-state index in [9.17, 15) is 13.6 Å². The highest BCUT2D eigenvalue weighted by molar-refractivity contribution is 7.89. The van der Waals surface area contributed by atoms with Gasteiger partial charge in [-0.3, -0.25) is 0 Å². The SMILES string of the molecule is CCCCC(CN(O)C(C)(C)C)NS(=O)(=O)c1ccc(C)cc1. The Morgan fingerprint density at radius 3 is 2.26 bits per heavy atom. The first-order valence-electron chi connectivity index (χ1n) is 8.12. The van der Waals surface area contributed by atoms with Crippen molar-refractivity contribution in [2.75, 3.05) is 6.54 Å². The molecular weight excluding hydrogens is 312 g/mol. The van der Waals surface area contributed by atoms with Gasteiger partial charge < -0.3 is 5.21 Å². The van der Waals surface area contributed by atoms with Crippen LogP contribution in [0, 0.1) is 6.92 Å². The smallest absolute Gasteiger partial charge is 0.240 e. The van der Waals surface area contributed by atoms with Crippen LogP contribution in [0.2, 0.25) is 0 Å². The van der Waals surface area contributed by atoms with Crippen LogP contribution in [-0.2, 0) is 10.0 Å². The maximum absolute atomic E-state index is 12.5. The zero-order valence-electron chi connectivity index (χ0n) is 14.8. The van der Waals surface area contributed by atoms with Crippen LogP contribution in [0.3, 0.4) is 0 Å². The van der Waals surface area contributed by atoms with Crippen molar-refractivity contribution in [3.05, 3.63) is 29.8 Å². The molecule has 6 heteroatoms. The number of hydrogen-bond donors (Lipinski definition) is 2. The second-order valence-electron chi connectivity index (χ2n) is 7.03. The van der Waals surface area contributed by atoms with Gasteiger partial charge in [-0.1, -0.05) is 37.5 Å². The molecule has 0 fully saturated rings. The predicted molar refractivity (Wildman–Crippen MR) is 93.1 cm³/mol. The van der Waals surface area contributed by atoms with Gasteiger partial charge in [0.25, 0.3) is 0 Å². The van der Waals surface area contributed by atoms with Crippen LogP contribution in [0.15, 0.2) is 29.2 Å². The molecule has 1 unspecified atom stereocenters. The molecule has 0 aliphatic carbocycles. The van der Waals surface area contributed by atoms with Gasteiger partial charge >= 0.3 is 0 Å². The summed E-state index contributed by atoms with van der Waals surface area (Å²) >= 11 is 0. The van der Waals surface area contributed by atoms with Gasteiger partial charge in [-0.05, 0) is 46.2 Å². The van der Waals surface area contributed by atoms with Gasteiger partial charge in [0.15, 0.2) is 0 Å². The molecule has 1 aromatic carbocycles. The van der Waals surface area contributed by atoms with Crippen molar-refractivity contribution in [1.82, 2.24) is 9.79 Å². The summed E-state index contributed by atoms with van der Waals surface area (Å²) < 4.78 is 27.8. The molecule has 0 spiro atoms. The summed E-state index contributed by atoms with van der Waals surface area (Å²) in [5.74, 6) is 0. The summed E-state index contributed by atoms with van der Waals surface area (Å²) in [4.78, 5) is 0.254. The van der Waals surface area contributed by atoms with E-state index in [0.29, 0.717) is 6.42 Å². The molecule has 0 amide bonds. The molecule has 0 bridgehead atoms. The molecular formula is C17H30N2O3S. The van der Waals surface area contributed by atoms with Crippen molar-refractivity contribution in [1.29, 1.82) is 0 Å². The first-order valence-corrected chi connectivity index (χ1v) is 9.60. The summed E-state index contributed by atoms with van der Waals surface area (Å²) in [5.41, 5.74) is 0.584. The number of unbranched alkanes of at least 4 members (excludes halogenated alkanes) is 1. The number of sulfonamides is 1. The lowest BCUT2D eigenvalue weighted by molar-refractivity contribution is -0.159. The van der Waals surface area contributed by atoms with Gasteiger partial charge in [0.2, 0.25) is 10.0 Å².